The van der Waals surface area contributed by atoms with Crippen LogP contribution in [0.15, 0.2) is 24.4 Å². The Balaban J connectivity index is 1.69. The molecule has 1 aromatic rings. The molecule has 0 bridgehead atoms. The van der Waals surface area contributed by atoms with Gasteiger partial charge in [-0.25, -0.2) is 0 Å². The van der Waals surface area contributed by atoms with Gasteiger partial charge in [-0.2, -0.15) is 0 Å². The van der Waals surface area contributed by atoms with Gasteiger partial charge in [0, 0.05) is 45.0 Å². The van der Waals surface area contributed by atoms with Crippen LogP contribution < -0.4 is 5.32 Å². The lowest BCUT2D eigenvalue weighted by atomic mass is 10.2. The SMILES string of the molecule is CC[C@H](C)NC(=O)CN1CCN(Cc2ccccn2)CC1. The molecule has 1 amide bonds. The van der Waals surface area contributed by atoms with Crippen molar-refractivity contribution in [2.45, 2.75) is 32.9 Å². The zero-order valence-electron chi connectivity index (χ0n) is 13.1. The first-order valence-corrected chi connectivity index (χ1v) is 7.81. The summed E-state index contributed by atoms with van der Waals surface area (Å²) < 4.78 is 0. The molecule has 0 aliphatic carbocycles. The van der Waals surface area contributed by atoms with Crippen molar-refractivity contribution in [1.82, 2.24) is 20.1 Å². The smallest absolute Gasteiger partial charge is 0.234 e. The Morgan fingerprint density at radius 1 is 1.29 bits per heavy atom. The highest BCUT2D eigenvalue weighted by atomic mass is 16.2. The number of rotatable bonds is 6. The van der Waals surface area contributed by atoms with Gasteiger partial charge in [-0.3, -0.25) is 19.6 Å². The molecule has 1 saturated heterocycles. The van der Waals surface area contributed by atoms with Crippen molar-refractivity contribution >= 4 is 5.91 Å². The van der Waals surface area contributed by atoms with Gasteiger partial charge in [-0.15, -0.1) is 0 Å². The second-order valence-electron chi connectivity index (χ2n) is 5.75. The molecule has 1 aromatic heterocycles. The number of nitrogens with one attached hydrogen (secondary N) is 1. The summed E-state index contributed by atoms with van der Waals surface area (Å²) in [5.74, 6) is 0.141. The summed E-state index contributed by atoms with van der Waals surface area (Å²) in [6.45, 7) is 9.42. The fourth-order valence-corrected chi connectivity index (χ4v) is 2.45. The number of carbonyl (C=O) groups is 1. The Morgan fingerprint density at radius 2 is 2.00 bits per heavy atom. The quantitative estimate of drug-likeness (QED) is 0.853. The third kappa shape index (κ3) is 5.44. The molecule has 2 rings (SSSR count). The van der Waals surface area contributed by atoms with Gasteiger partial charge in [-0.05, 0) is 25.5 Å². The lowest BCUT2D eigenvalue weighted by molar-refractivity contribution is -0.123. The molecule has 0 radical (unpaired) electrons. The number of amides is 1. The number of aromatic nitrogens is 1. The molecule has 1 atom stereocenters. The summed E-state index contributed by atoms with van der Waals surface area (Å²) in [4.78, 5) is 20.9. The number of pyridine rings is 1. The van der Waals surface area contributed by atoms with Crippen molar-refractivity contribution in [2.75, 3.05) is 32.7 Å². The molecule has 5 nitrogen and oxygen atoms in total. The van der Waals surface area contributed by atoms with Gasteiger partial charge in [0.2, 0.25) is 5.91 Å². The zero-order valence-corrected chi connectivity index (χ0v) is 13.1. The van der Waals surface area contributed by atoms with Crippen LogP contribution in [-0.2, 0) is 11.3 Å². The van der Waals surface area contributed by atoms with E-state index in [0.29, 0.717) is 6.54 Å². The minimum absolute atomic E-state index is 0.141. The Labute approximate surface area is 127 Å². The number of piperazine rings is 1. The van der Waals surface area contributed by atoms with Gasteiger partial charge in [0.15, 0.2) is 0 Å². The Bertz CT molecular complexity index is 429. The Morgan fingerprint density at radius 3 is 2.62 bits per heavy atom. The maximum absolute atomic E-state index is 11.9. The Hall–Kier alpha value is -1.46. The van der Waals surface area contributed by atoms with Crippen LogP contribution in [-0.4, -0.2) is 59.5 Å². The molecule has 0 spiro atoms. The molecular weight excluding hydrogens is 264 g/mol. The standard InChI is InChI=1S/C16H26N4O/c1-3-14(2)18-16(21)13-20-10-8-19(9-11-20)12-15-6-4-5-7-17-15/h4-7,14H,3,8-13H2,1-2H3,(H,18,21)/t14-/m0/s1. The molecule has 116 valence electrons. The lowest BCUT2D eigenvalue weighted by Gasteiger charge is -2.34. The van der Waals surface area contributed by atoms with Crippen LogP contribution in [0.4, 0.5) is 0 Å². The van der Waals surface area contributed by atoms with Crippen molar-refractivity contribution in [1.29, 1.82) is 0 Å². The van der Waals surface area contributed by atoms with Crippen molar-refractivity contribution in [3.63, 3.8) is 0 Å². The monoisotopic (exact) mass is 290 g/mol. The van der Waals surface area contributed by atoms with Crippen LogP contribution in [0.1, 0.15) is 26.0 Å². The van der Waals surface area contributed by atoms with E-state index < -0.39 is 0 Å². The Kier molecular flexibility index (Phi) is 6.14. The molecule has 0 saturated carbocycles. The number of nitrogens with zero attached hydrogens (tertiary/aromatic N) is 3. The summed E-state index contributed by atoms with van der Waals surface area (Å²) in [6.07, 6.45) is 2.81. The number of hydrogen-bond acceptors (Lipinski definition) is 4. The van der Waals surface area contributed by atoms with Gasteiger partial charge in [-0.1, -0.05) is 13.0 Å². The predicted molar refractivity (Wildman–Crippen MR) is 83.8 cm³/mol. The van der Waals surface area contributed by atoms with Crippen LogP contribution in [0, 0.1) is 0 Å². The van der Waals surface area contributed by atoms with Crippen LogP contribution in [0.5, 0.6) is 0 Å². The van der Waals surface area contributed by atoms with E-state index in [4.69, 9.17) is 0 Å². The van der Waals surface area contributed by atoms with Gasteiger partial charge < -0.3 is 5.32 Å². The summed E-state index contributed by atoms with van der Waals surface area (Å²) in [7, 11) is 0. The van der Waals surface area contributed by atoms with E-state index in [-0.39, 0.29) is 11.9 Å². The molecule has 1 aliphatic heterocycles. The second-order valence-corrected chi connectivity index (χ2v) is 5.75. The molecule has 5 heteroatoms. The van der Waals surface area contributed by atoms with E-state index >= 15 is 0 Å². The van der Waals surface area contributed by atoms with Gasteiger partial charge >= 0.3 is 0 Å². The molecule has 1 aliphatic rings. The van der Waals surface area contributed by atoms with Crippen LogP contribution in [0.2, 0.25) is 0 Å². The summed E-state index contributed by atoms with van der Waals surface area (Å²) in [5, 5.41) is 3.02. The number of carbonyl (C=O) groups excluding carboxylic acids is 1. The van der Waals surface area contributed by atoms with Gasteiger partial charge in [0.05, 0.1) is 12.2 Å². The highest BCUT2D eigenvalue weighted by Crippen LogP contribution is 2.06. The topological polar surface area (TPSA) is 48.5 Å². The fraction of sp³-hybridized carbons (Fsp3) is 0.625. The maximum atomic E-state index is 11.9. The third-order valence-electron chi connectivity index (χ3n) is 3.96. The second kappa shape index (κ2) is 8.10. The highest BCUT2D eigenvalue weighted by molar-refractivity contribution is 5.78. The first-order valence-electron chi connectivity index (χ1n) is 7.81. The van der Waals surface area contributed by atoms with E-state index in [1.54, 1.807) is 0 Å². The van der Waals surface area contributed by atoms with E-state index in [0.717, 1.165) is 44.8 Å². The zero-order chi connectivity index (χ0) is 15.1. The van der Waals surface area contributed by atoms with Crippen molar-refractivity contribution in [2.24, 2.45) is 0 Å². The molecule has 1 N–H and O–H groups in total. The molecule has 1 fully saturated rings. The van der Waals surface area contributed by atoms with Gasteiger partial charge in [0.25, 0.3) is 0 Å². The van der Waals surface area contributed by atoms with Crippen LogP contribution >= 0.6 is 0 Å². The van der Waals surface area contributed by atoms with Gasteiger partial charge in [0.1, 0.15) is 0 Å². The molecule has 0 aromatic carbocycles. The maximum Gasteiger partial charge on any atom is 0.234 e. The minimum atomic E-state index is 0.141. The van der Waals surface area contributed by atoms with E-state index in [2.05, 4.69) is 33.1 Å². The summed E-state index contributed by atoms with van der Waals surface area (Å²) in [5.41, 5.74) is 1.11. The van der Waals surface area contributed by atoms with E-state index in [1.807, 2.05) is 25.3 Å². The largest absolute Gasteiger partial charge is 0.353 e. The highest BCUT2D eigenvalue weighted by Gasteiger charge is 2.19. The van der Waals surface area contributed by atoms with Crippen molar-refractivity contribution in [3.05, 3.63) is 30.1 Å². The average Bonchev–Trinajstić information content (AvgIpc) is 2.50. The summed E-state index contributed by atoms with van der Waals surface area (Å²) in [6, 6.07) is 6.30. The number of hydrogen-bond donors (Lipinski definition) is 1. The normalized spacial score (nSPS) is 18.4. The first kappa shape index (κ1) is 15.9. The van der Waals surface area contributed by atoms with Crippen LogP contribution in [0.3, 0.4) is 0 Å². The van der Waals surface area contributed by atoms with E-state index in [9.17, 15) is 4.79 Å². The molecular formula is C16H26N4O. The molecule has 0 unspecified atom stereocenters. The van der Waals surface area contributed by atoms with E-state index in [1.165, 1.54) is 0 Å². The summed E-state index contributed by atoms with van der Waals surface area (Å²) >= 11 is 0. The first-order chi connectivity index (χ1) is 10.2. The fourth-order valence-electron chi connectivity index (χ4n) is 2.45. The van der Waals surface area contributed by atoms with Crippen molar-refractivity contribution < 1.29 is 4.79 Å². The van der Waals surface area contributed by atoms with Crippen molar-refractivity contribution in [3.8, 4) is 0 Å². The average molecular weight is 290 g/mol. The lowest BCUT2D eigenvalue weighted by Crippen LogP contribution is -2.49. The third-order valence-corrected chi connectivity index (χ3v) is 3.96. The molecule has 2 heterocycles. The van der Waals surface area contributed by atoms with Crippen LogP contribution in [0.25, 0.3) is 0 Å². The predicted octanol–water partition coefficient (Wildman–Crippen LogP) is 1.11. The minimum Gasteiger partial charge on any atom is -0.353 e. The molecule has 21 heavy (non-hydrogen) atoms.